The van der Waals surface area contributed by atoms with Crippen LogP contribution in [0.25, 0.3) is 0 Å². The van der Waals surface area contributed by atoms with E-state index in [4.69, 9.17) is 9.47 Å². The molecule has 1 amide bonds. The topological polar surface area (TPSA) is 96.8 Å². The van der Waals surface area contributed by atoms with Crippen molar-refractivity contribution in [1.82, 2.24) is 25.1 Å². The highest BCUT2D eigenvalue weighted by Crippen LogP contribution is 2.40. The van der Waals surface area contributed by atoms with Gasteiger partial charge in [-0.15, -0.1) is 10.2 Å². The van der Waals surface area contributed by atoms with Gasteiger partial charge >= 0.3 is 12.4 Å². The molecule has 5 rings (SSSR count). The van der Waals surface area contributed by atoms with Crippen molar-refractivity contribution in [2.75, 3.05) is 55.7 Å². The fourth-order valence-electron chi connectivity index (χ4n) is 5.02. The average molecular weight is 662 g/mol. The number of benzene rings is 1. The summed E-state index contributed by atoms with van der Waals surface area (Å²) in [5.74, 6) is -4.90. The lowest BCUT2D eigenvalue weighted by molar-refractivity contribution is -0.140. The summed E-state index contributed by atoms with van der Waals surface area (Å²) in [4.78, 5) is 24.2. The largest absolute Gasteiger partial charge is 0.471 e. The molecule has 0 aliphatic carbocycles. The molecule has 18 heteroatoms. The third-order valence-corrected chi connectivity index (χ3v) is 7.36. The van der Waals surface area contributed by atoms with E-state index in [1.807, 2.05) is 0 Å². The summed E-state index contributed by atoms with van der Waals surface area (Å²) in [6.45, 7) is -1.24. The second-order valence-corrected chi connectivity index (χ2v) is 10.7. The molecule has 0 bridgehead atoms. The maximum absolute atomic E-state index is 14.4. The molecule has 46 heavy (non-hydrogen) atoms. The van der Waals surface area contributed by atoms with Gasteiger partial charge in [0, 0.05) is 51.1 Å². The van der Waals surface area contributed by atoms with Crippen LogP contribution in [0.5, 0.6) is 5.88 Å². The number of hydrogen-bond donors (Lipinski definition) is 0. The van der Waals surface area contributed by atoms with Crippen LogP contribution >= 0.6 is 0 Å². The van der Waals surface area contributed by atoms with Gasteiger partial charge in [0.25, 0.3) is 5.92 Å². The number of anilines is 2. The maximum Gasteiger partial charge on any atom is 0.421 e. The molecule has 0 spiro atoms. The number of ether oxygens (including phenoxy) is 2. The highest BCUT2D eigenvalue weighted by atomic mass is 19.4. The molecule has 0 radical (unpaired) electrons. The summed E-state index contributed by atoms with van der Waals surface area (Å²) in [6.07, 6.45) is -8.89. The molecule has 3 aromatic rings. The van der Waals surface area contributed by atoms with E-state index < -0.39 is 79.2 Å². The van der Waals surface area contributed by atoms with Crippen LogP contribution in [0.15, 0.2) is 48.8 Å². The molecule has 0 N–H and O–H groups in total. The molecule has 2 aliphatic rings. The number of rotatable bonds is 9. The molecule has 2 saturated heterocycles. The van der Waals surface area contributed by atoms with Crippen molar-refractivity contribution in [2.45, 2.75) is 37.3 Å². The highest BCUT2D eigenvalue weighted by Gasteiger charge is 2.47. The van der Waals surface area contributed by atoms with E-state index in [9.17, 15) is 39.9 Å². The fraction of sp³-hybridized carbons (Fsp3) is 0.464. The van der Waals surface area contributed by atoms with Crippen LogP contribution in [0, 0.1) is 0 Å². The van der Waals surface area contributed by atoms with E-state index >= 15 is 0 Å². The normalized spacial score (nSPS) is 18.6. The summed E-state index contributed by atoms with van der Waals surface area (Å²) in [5, 5.41) is 7.30. The number of hydrogen-bond acceptors (Lipinski definition) is 9. The second-order valence-electron chi connectivity index (χ2n) is 10.7. The van der Waals surface area contributed by atoms with Crippen LogP contribution in [-0.4, -0.2) is 88.9 Å². The molecule has 0 saturated carbocycles. The Hall–Kier alpha value is -4.35. The lowest BCUT2D eigenvalue weighted by Crippen LogP contribution is -2.50. The predicted molar refractivity (Wildman–Crippen MR) is 145 cm³/mol. The summed E-state index contributed by atoms with van der Waals surface area (Å²) in [7, 11) is 0. The first-order valence-corrected chi connectivity index (χ1v) is 14.0. The molecular formula is C28H27F8N7O3. The molecule has 248 valence electrons. The van der Waals surface area contributed by atoms with Gasteiger partial charge in [-0.3, -0.25) is 4.79 Å². The first-order valence-electron chi connectivity index (χ1n) is 14.0. The van der Waals surface area contributed by atoms with E-state index in [0.717, 1.165) is 4.90 Å². The Labute approximate surface area is 256 Å². The zero-order chi connectivity index (χ0) is 33.1. The van der Waals surface area contributed by atoms with Gasteiger partial charge in [-0.2, -0.15) is 26.3 Å². The summed E-state index contributed by atoms with van der Waals surface area (Å²) < 4.78 is 120. The van der Waals surface area contributed by atoms with E-state index in [0.29, 0.717) is 24.0 Å². The Balaban J connectivity index is 1.17. The molecule has 0 unspecified atom stereocenters. The first-order chi connectivity index (χ1) is 21.7. The number of alkyl halides is 8. The van der Waals surface area contributed by atoms with E-state index in [2.05, 4.69) is 20.2 Å². The third kappa shape index (κ3) is 8.07. The first kappa shape index (κ1) is 33.0. The van der Waals surface area contributed by atoms with E-state index in [1.54, 1.807) is 35.2 Å². The number of halogens is 8. The van der Waals surface area contributed by atoms with Gasteiger partial charge in [0.2, 0.25) is 17.7 Å². The molecular weight excluding hydrogens is 634 g/mol. The quantitative estimate of drug-likeness (QED) is 0.308. The summed E-state index contributed by atoms with van der Waals surface area (Å²) in [6, 6.07) is 7.89. The molecule has 1 aromatic carbocycles. The smallest absolute Gasteiger partial charge is 0.421 e. The molecule has 2 fully saturated rings. The minimum atomic E-state index is -4.92. The standard InChI is InChI=1S/C28H27F8N7O3/c29-26(30)11-20(15-45-16-23(44)41-6-8-42(9-7-41)25-37-12-19(13-38-25)27(31,32)33)43(17-26)22-10-21(28(34,35)36)24(40-39-22)46-14-18-4-2-1-3-5-18/h1-5,10,12-13,20H,6-9,11,14-17H2/t20-/m0/s1. The molecule has 1 atom stereocenters. The summed E-state index contributed by atoms with van der Waals surface area (Å²) in [5.41, 5.74) is -1.68. The van der Waals surface area contributed by atoms with Gasteiger partial charge in [-0.1, -0.05) is 30.3 Å². The number of piperazine rings is 1. The van der Waals surface area contributed by atoms with Gasteiger partial charge in [-0.25, -0.2) is 18.7 Å². The van der Waals surface area contributed by atoms with Crippen LogP contribution in [0.1, 0.15) is 23.1 Å². The van der Waals surface area contributed by atoms with Crippen LogP contribution in [0.2, 0.25) is 0 Å². The lowest BCUT2D eigenvalue weighted by atomic mass is 10.2. The van der Waals surface area contributed by atoms with Crippen molar-refractivity contribution in [1.29, 1.82) is 0 Å². The third-order valence-electron chi connectivity index (χ3n) is 7.36. The Morgan fingerprint density at radius 1 is 0.935 bits per heavy atom. The van der Waals surface area contributed by atoms with E-state index in [1.165, 1.54) is 4.90 Å². The van der Waals surface area contributed by atoms with Crippen LogP contribution in [0.3, 0.4) is 0 Å². The predicted octanol–water partition coefficient (Wildman–Crippen LogP) is 4.46. The Morgan fingerprint density at radius 2 is 1.61 bits per heavy atom. The van der Waals surface area contributed by atoms with Crippen LogP contribution < -0.4 is 14.5 Å². The second kappa shape index (κ2) is 13.2. The van der Waals surface area contributed by atoms with Crippen molar-refractivity contribution < 1.29 is 49.4 Å². The van der Waals surface area contributed by atoms with Crippen molar-refractivity contribution >= 4 is 17.7 Å². The van der Waals surface area contributed by atoms with Crippen molar-refractivity contribution in [3.8, 4) is 5.88 Å². The van der Waals surface area contributed by atoms with Gasteiger partial charge in [-0.05, 0) is 5.56 Å². The number of nitrogens with zero attached hydrogens (tertiary/aromatic N) is 7. The molecule has 4 heterocycles. The van der Waals surface area contributed by atoms with Crippen LogP contribution in [0.4, 0.5) is 46.9 Å². The molecule has 2 aromatic heterocycles. The highest BCUT2D eigenvalue weighted by molar-refractivity contribution is 5.77. The molecule has 2 aliphatic heterocycles. The van der Waals surface area contributed by atoms with Crippen molar-refractivity contribution in [3.05, 3.63) is 65.5 Å². The van der Waals surface area contributed by atoms with Crippen molar-refractivity contribution in [3.63, 3.8) is 0 Å². The van der Waals surface area contributed by atoms with Crippen LogP contribution in [-0.2, 0) is 28.5 Å². The van der Waals surface area contributed by atoms with Gasteiger partial charge in [0.15, 0.2) is 5.82 Å². The number of aromatic nitrogens is 4. The minimum absolute atomic E-state index is 0.0752. The number of carbonyl (C=O) groups is 1. The van der Waals surface area contributed by atoms with Gasteiger partial charge < -0.3 is 24.2 Å². The summed E-state index contributed by atoms with van der Waals surface area (Å²) >= 11 is 0. The Bertz CT molecular complexity index is 1490. The number of amides is 1. The average Bonchev–Trinajstić information content (AvgIpc) is 3.33. The van der Waals surface area contributed by atoms with E-state index in [-0.39, 0.29) is 38.7 Å². The fourth-order valence-corrected chi connectivity index (χ4v) is 5.02. The Kier molecular flexibility index (Phi) is 9.46. The van der Waals surface area contributed by atoms with Gasteiger partial charge in [0.05, 0.1) is 24.8 Å². The SMILES string of the molecule is O=C(COC[C@@H]1CC(F)(F)CN1c1cc(C(F)(F)F)c(OCc2ccccc2)nn1)N1CCN(c2ncc(C(F)(F)F)cn2)CC1. The lowest BCUT2D eigenvalue weighted by Gasteiger charge is -2.34. The Morgan fingerprint density at radius 3 is 2.24 bits per heavy atom. The number of carbonyl (C=O) groups excluding carboxylic acids is 1. The monoisotopic (exact) mass is 661 g/mol. The van der Waals surface area contributed by atoms with Crippen molar-refractivity contribution in [2.24, 2.45) is 0 Å². The van der Waals surface area contributed by atoms with Gasteiger partial charge in [0.1, 0.15) is 18.8 Å². The maximum atomic E-state index is 14.4. The minimum Gasteiger partial charge on any atom is -0.471 e. The molecule has 10 nitrogen and oxygen atoms in total. The zero-order valence-electron chi connectivity index (χ0n) is 23.9. The zero-order valence-corrected chi connectivity index (χ0v) is 23.9.